The molecule has 2 atom stereocenters. The van der Waals surface area contributed by atoms with E-state index in [2.05, 4.69) is 46.9 Å². The minimum absolute atomic E-state index is 0.253. The summed E-state index contributed by atoms with van der Waals surface area (Å²) in [5.41, 5.74) is 0.295. The fraction of sp³-hybridized carbons (Fsp3) is 0.476. The fourth-order valence-corrected chi connectivity index (χ4v) is 4.97. The molecule has 0 N–H and O–H groups in total. The Bertz CT molecular complexity index is 989. The first-order chi connectivity index (χ1) is 13.6. The van der Waals surface area contributed by atoms with Gasteiger partial charge in [0.1, 0.15) is 22.7 Å². The Morgan fingerprint density at radius 2 is 2.14 bits per heavy atom. The van der Waals surface area contributed by atoms with Crippen LogP contribution in [0.3, 0.4) is 0 Å². The molecule has 0 bridgehead atoms. The molecular formula is C21H24N4O2S. The summed E-state index contributed by atoms with van der Waals surface area (Å²) in [6, 6.07) is 2.20. The van der Waals surface area contributed by atoms with Crippen molar-refractivity contribution in [3.63, 3.8) is 0 Å². The van der Waals surface area contributed by atoms with Gasteiger partial charge in [-0.25, -0.2) is 14.8 Å². The Morgan fingerprint density at radius 1 is 1.32 bits per heavy atom. The number of carbonyl (C=O) groups is 1. The van der Waals surface area contributed by atoms with Crippen LogP contribution in [-0.2, 0) is 11.2 Å². The molecule has 1 amide bonds. The fourth-order valence-electron chi connectivity index (χ4n) is 4.04. The minimum Gasteiger partial charge on any atom is -0.411 e. The standard InChI is InChI=1S/C21H24N4O2S/c1-3-16-11-17-18(22-13-23-19(17)28-16)24-6-8-25(9-7-24)20(26)27-15-4-5-21(2)12-14(21)10-15/h4-5,10-11,13-14H,3,6-9,12H2,1-2H3. The van der Waals surface area contributed by atoms with Gasteiger partial charge in [-0.1, -0.05) is 19.9 Å². The molecule has 1 saturated carbocycles. The highest BCUT2D eigenvalue weighted by molar-refractivity contribution is 7.18. The van der Waals surface area contributed by atoms with Gasteiger partial charge in [0.15, 0.2) is 0 Å². The molecule has 146 valence electrons. The Labute approximate surface area is 168 Å². The van der Waals surface area contributed by atoms with Gasteiger partial charge in [0.25, 0.3) is 0 Å². The second kappa shape index (κ2) is 6.58. The third kappa shape index (κ3) is 3.07. The van der Waals surface area contributed by atoms with Gasteiger partial charge in [0.05, 0.1) is 5.39 Å². The third-order valence-corrected chi connectivity index (χ3v) is 7.28. The van der Waals surface area contributed by atoms with Crippen LogP contribution in [0.5, 0.6) is 0 Å². The number of aromatic nitrogens is 2. The van der Waals surface area contributed by atoms with Crippen molar-refractivity contribution in [2.24, 2.45) is 11.3 Å². The maximum Gasteiger partial charge on any atom is 0.415 e. The molecule has 3 aliphatic rings. The highest BCUT2D eigenvalue weighted by Gasteiger charge is 2.48. The van der Waals surface area contributed by atoms with Crippen LogP contribution in [0.2, 0.25) is 0 Å². The van der Waals surface area contributed by atoms with Gasteiger partial charge < -0.3 is 14.5 Å². The quantitative estimate of drug-likeness (QED) is 0.785. The molecule has 0 radical (unpaired) electrons. The Morgan fingerprint density at radius 3 is 2.89 bits per heavy atom. The topological polar surface area (TPSA) is 58.6 Å². The molecule has 2 aliphatic carbocycles. The largest absolute Gasteiger partial charge is 0.415 e. The molecule has 0 spiro atoms. The van der Waals surface area contributed by atoms with E-state index in [1.54, 1.807) is 22.6 Å². The van der Waals surface area contributed by atoms with E-state index in [1.807, 2.05) is 6.08 Å². The van der Waals surface area contributed by atoms with Gasteiger partial charge in [-0.3, -0.25) is 0 Å². The van der Waals surface area contributed by atoms with Crippen LogP contribution in [-0.4, -0.2) is 47.1 Å². The average Bonchev–Trinajstić information content (AvgIpc) is 3.19. The molecule has 1 aliphatic heterocycles. The smallest absolute Gasteiger partial charge is 0.411 e. The molecule has 2 aromatic heterocycles. The molecule has 2 fully saturated rings. The number of nitrogens with zero attached hydrogens (tertiary/aromatic N) is 4. The lowest BCUT2D eigenvalue weighted by atomic mass is 10.0. The zero-order chi connectivity index (χ0) is 19.3. The second-order valence-corrected chi connectivity index (χ2v) is 9.16. The first-order valence-corrected chi connectivity index (χ1v) is 10.7. The van der Waals surface area contributed by atoms with E-state index in [1.165, 1.54) is 4.88 Å². The van der Waals surface area contributed by atoms with Gasteiger partial charge in [-0.05, 0) is 42.4 Å². The number of hydrogen-bond acceptors (Lipinski definition) is 6. The molecule has 6 nitrogen and oxygen atoms in total. The van der Waals surface area contributed by atoms with Gasteiger partial charge >= 0.3 is 6.09 Å². The van der Waals surface area contributed by atoms with Crippen LogP contribution in [0.1, 0.15) is 25.1 Å². The molecule has 28 heavy (non-hydrogen) atoms. The highest BCUT2D eigenvalue weighted by Crippen LogP contribution is 2.56. The number of allylic oxidation sites excluding steroid dienone is 3. The summed E-state index contributed by atoms with van der Waals surface area (Å²) in [4.78, 5) is 27.9. The normalized spacial score (nSPS) is 26.2. The number of rotatable bonds is 3. The van der Waals surface area contributed by atoms with Crippen LogP contribution in [0.25, 0.3) is 10.2 Å². The molecule has 7 heteroatoms. The number of aryl methyl sites for hydroxylation is 1. The van der Waals surface area contributed by atoms with Crippen molar-refractivity contribution in [2.45, 2.75) is 26.7 Å². The summed E-state index contributed by atoms with van der Waals surface area (Å²) < 4.78 is 5.62. The average molecular weight is 397 g/mol. The van der Waals surface area contributed by atoms with Crippen molar-refractivity contribution >= 4 is 33.5 Å². The number of hydrogen-bond donors (Lipinski definition) is 0. The summed E-state index contributed by atoms with van der Waals surface area (Å²) in [6.45, 7) is 7.15. The summed E-state index contributed by atoms with van der Waals surface area (Å²) in [5, 5.41) is 1.12. The summed E-state index contributed by atoms with van der Waals surface area (Å²) in [7, 11) is 0. The van der Waals surface area contributed by atoms with Crippen LogP contribution in [0, 0.1) is 11.3 Å². The van der Waals surface area contributed by atoms with Gasteiger partial charge in [-0.2, -0.15) is 0 Å². The molecule has 5 rings (SSSR count). The van der Waals surface area contributed by atoms with E-state index >= 15 is 0 Å². The van der Waals surface area contributed by atoms with Crippen molar-refractivity contribution in [1.82, 2.24) is 14.9 Å². The van der Waals surface area contributed by atoms with Crippen molar-refractivity contribution in [3.05, 3.63) is 41.3 Å². The van der Waals surface area contributed by atoms with E-state index in [0.29, 0.717) is 30.2 Å². The Kier molecular flexibility index (Phi) is 4.16. The second-order valence-electron chi connectivity index (χ2n) is 8.04. The molecule has 3 heterocycles. The number of thiophene rings is 1. The van der Waals surface area contributed by atoms with Crippen LogP contribution in [0.4, 0.5) is 10.6 Å². The van der Waals surface area contributed by atoms with Crippen LogP contribution < -0.4 is 4.90 Å². The highest BCUT2D eigenvalue weighted by atomic mass is 32.1. The summed E-state index contributed by atoms with van der Waals surface area (Å²) in [6.07, 6.45) is 9.75. The monoisotopic (exact) mass is 396 g/mol. The number of amides is 1. The number of ether oxygens (including phenoxy) is 1. The SMILES string of the molecule is CCc1cc2c(N3CCN(C(=O)OC4=CC5CC5(C)C=C4)CC3)ncnc2s1. The van der Waals surface area contributed by atoms with Crippen LogP contribution >= 0.6 is 11.3 Å². The first kappa shape index (κ1) is 17.7. The zero-order valence-corrected chi connectivity index (χ0v) is 17.0. The van der Waals surface area contributed by atoms with Gasteiger partial charge in [-0.15, -0.1) is 11.3 Å². The van der Waals surface area contributed by atoms with E-state index in [9.17, 15) is 4.79 Å². The number of anilines is 1. The van der Waals surface area contributed by atoms with E-state index < -0.39 is 0 Å². The van der Waals surface area contributed by atoms with Crippen molar-refractivity contribution in [3.8, 4) is 0 Å². The van der Waals surface area contributed by atoms with E-state index in [4.69, 9.17) is 4.74 Å². The molecule has 1 saturated heterocycles. The lowest BCUT2D eigenvalue weighted by molar-refractivity contribution is 0.128. The third-order valence-electron chi connectivity index (χ3n) is 6.09. The minimum atomic E-state index is -0.253. The lowest BCUT2D eigenvalue weighted by Gasteiger charge is -2.35. The number of piperazine rings is 1. The first-order valence-electron chi connectivity index (χ1n) is 9.92. The lowest BCUT2D eigenvalue weighted by Crippen LogP contribution is -2.49. The Hall–Kier alpha value is -2.41. The van der Waals surface area contributed by atoms with Gasteiger partial charge in [0, 0.05) is 31.1 Å². The number of fused-ring (bicyclic) bond motifs is 2. The van der Waals surface area contributed by atoms with Crippen molar-refractivity contribution in [2.75, 3.05) is 31.1 Å². The predicted molar refractivity (Wildman–Crippen MR) is 110 cm³/mol. The molecule has 2 aromatic rings. The summed E-state index contributed by atoms with van der Waals surface area (Å²) >= 11 is 1.73. The number of carbonyl (C=O) groups excluding carboxylic acids is 1. The van der Waals surface area contributed by atoms with Crippen molar-refractivity contribution < 1.29 is 9.53 Å². The maximum atomic E-state index is 12.6. The van der Waals surface area contributed by atoms with Crippen molar-refractivity contribution in [1.29, 1.82) is 0 Å². The Balaban J connectivity index is 1.23. The predicted octanol–water partition coefficient (Wildman–Crippen LogP) is 3.99. The summed E-state index contributed by atoms with van der Waals surface area (Å²) in [5.74, 6) is 2.19. The van der Waals surface area contributed by atoms with Crippen LogP contribution in [0.15, 0.2) is 36.4 Å². The van der Waals surface area contributed by atoms with E-state index in [-0.39, 0.29) is 6.09 Å². The molecular weight excluding hydrogens is 372 g/mol. The molecule has 2 unspecified atom stereocenters. The zero-order valence-electron chi connectivity index (χ0n) is 16.2. The van der Waals surface area contributed by atoms with Gasteiger partial charge in [0.2, 0.25) is 0 Å². The molecule has 0 aromatic carbocycles. The van der Waals surface area contributed by atoms with E-state index in [0.717, 1.165) is 42.0 Å². The maximum absolute atomic E-state index is 12.6.